The normalized spacial score (nSPS) is 14.4. The maximum Gasteiger partial charge on any atom is 0.119 e. The van der Waals surface area contributed by atoms with Gasteiger partial charge in [-0.15, -0.1) is 0 Å². The molecule has 18 heavy (non-hydrogen) atoms. The lowest BCUT2D eigenvalue weighted by Gasteiger charge is -2.13. The molecule has 2 rings (SSSR count). The second-order valence-corrected chi connectivity index (χ2v) is 4.57. The van der Waals surface area contributed by atoms with Crippen LogP contribution in [0.15, 0.2) is 36.4 Å². The van der Waals surface area contributed by atoms with Crippen molar-refractivity contribution >= 4 is 10.8 Å². The molecule has 0 aliphatic carbocycles. The van der Waals surface area contributed by atoms with E-state index in [9.17, 15) is 10.2 Å². The molecule has 0 radical (unpaired) electrons. The van der Waals surface area contributed by atoms with Crippen LogP contribution in [0.3, 0.4) is 0 Å². The van der Waals surface area contributed by atoms with E-state index in [0.29, 0.717) is 6.42 Å². The highest BCUT2D eigenvalue weighted by atomic mass is 16.5. The van der Waals surface area contributed by atoms with Crippen molar-refractivity contribution in [1.82, 2.24) is 0 Å². The first-order valence-corrected chi connectivity index (χ1v) is 6.04. The Kier molecular flexibility index (Phi) is 3.84. The Bertz CT molecular complexity index is 534. The molecule has 0 saturated carbocycles. The van der Waals surface area contributed by atoms with Crippen LogP contribution >= 0.6 is 0 Å². The molecule has 0 spiro atoms. The zero-order chi connectivity index (χ0) is 13.1. The van der Waals surface area contributed by atoms with Crippen LogP contribution in [-0.4, -0.2) is 23.4 Å². The lowest BCUT2D eigenvalue weighted by Crippen LogP contribution is -2.07. The maximum atomic E-state index is 9.97. The Hall–Kier alpha value is -1.58. The Morgan fingerprint density at radius 1 is 1.06 bits per heavy atom. The minimum Gasteiger partial charge on any atom is -0.497 e. The zero-order valence-corrected chi connectivity index (χ0v) is 10.6. The van der Waals surface area contributed by atoms with Crippen molar-refractivity contribution in [2.45, 2.75) is 25.6 Å². The Morgan fingerprint density at radius 2 is 1.72 bits per heavy atom. The first-order valence-electron chi connectivity index (χ1n) is 6.04. The monoisotopic (exact) mass is 246 g/mol. The summed E-state index contributed by atoms with van der Waals surface area (Å²) >= 11 is 0. The van der Waals surface area contributed by atoms with Crippen molar-refractivity contribution < 1.29 is 14.9 Å². The van der Waals surface area contributed by atoms with E-state index in [1.54, 1.807) is 14.0 Å². The third-order valence-corrected chi connectivity index (χ3v) is 3.02. The molecule has 0 heterocycles. The van der Waals surface area contributed by atoms with Crippen molar-refractivity contribution in [1.29, 1.82) is 0 Å². The summed E-state index contributed by atoms with van der Waals surface area (Å²) in [6.07, 6.45) is -0.787. The Morgan fingerprint density at radius 3 is 2.39 bits per heavy atom. The molecule has 0 aliphatic rings. The lowest BCUT2D eigenvalue weighted by molar-refractivity contribution is 0.0908. The molecule has 0 aromatic heterocycles. The fraction of sp³-hybridized carbons (Fsp3) is 0.333. The number of benzene rings is 2. The van der Waals surface area contributed by atoms with Crippen molar-refractivity contribution in [3.8, 4) is 5.75 Å². The van der Waals surface area contributed by atoms with Gasteiger partial charge in [0.05, 0.1) is 19.3 Å². The van der Waals surface area contributed by atoms with Crippen molar-refractivity contribution in [3.05, 3.63) is 42.0 Å². The van der Waals surface area contributed by atoms with Crippen LogP contribution < -0.4 is 4.74 Å². The van der Waals surface area contributed by atoms with Gasteiger partial charge >= 0.3 is 0 Å². The average Bonchev–Trinajstić information content (AvgIpc) is 2.36. The molecule has 0 bridgehead atoms. The second-order valence-electron chi connectivity index (χ2n) is 4.57. The summed E-state index contributed by atoms with van der Waals surface area (Å²) in [4.78, 5) is 0. The smallest absolute Gasteiger partial charge is 0.119 e. The fourth-order valence-corrected chi connectivity index (χ4v) is 2.04. The first kappa shape index (κ1) is 12.9. The Labute approximate surface area is 107 Å². The van der Waals surface area contributed by atoms with E-state index in [1.165, 1.54) is 0 Å². The van der Waals surface area contributed by atoms with Gasteiger partial charge in [0.25, 0.3) is 0 Å². The van der Waals surface area contributed by atoms with Crippen LogP contribution in [0.4, 0.5) is 0 Å². The van der Waals surface area contributed by atoms with Gasteiger partial charge in [-0.2, -0.15) is 0 Å². The van der Waals surface area contributed by atoms with Crippen LogP contribution in [0.1, 0.15) is 25.0 Å². The third-order valence-electron chi connectivity index (χ3n) is 3.02. The van der Waals surface area contributed by atoms with Gasteiger partial charge in [-0.1, -0.05) is 18.2 Å². The van der Waals surface area contributed by atoms with Gasteiger partial charge in [0.2, 0.25) is 0 Å². The molecule has 2 unspecified atom stereocenters. The predicted molar refractivity (Wildman–Crippen MR) is 71.8 cm³/mol. The van der Waals surface area contributed by atoms with E-state index >= 15 is 0 Å². The molecule has 2 aromatic rings. The maximum absolute atomic E-state index is 9.97. The molecule has 2 atom stereocenters. The fourth-order valence-electron chi connectivity index (χ4n) is 2.04. The summed E-state index contributed by atoms with van der Waals surface area (Å²) in [5, 5.41) is 21.4. The lowest BCUT2D eigenvalue weighted by atomic mass is 10.00. The van der Waals surface area contributed by atoms with Crippen molar-refractivity contribution in [3.63, 3.8) is 0 Å². The molecule has 2 aromatic carbocycles. The van der Waals surface area contributed by atoms with E-state index in [0.717, 1.165) is 22.1 Å². The SMILES string of the molecule is COc1ccc2cc(C(O)CC(C)O)ccc2c1. The van der Waals surface area contributed by atoms with Crippen molar-refractivity contribution in [2.75, 3.05) is 7.11 Å². The van der Waals surface area contributed by atoms with Gasteiger partial charge in [-0.3, -0.25) is 0 Å². The standard InChI is InChI=1S/C15H18O3/c1-10(16)7-15(17)13-4-3-12-9-14(18-2)6-5-11(12)8-13/h3-6,8-10,15-17H,7H2,1-2H3. The van der Waals surface area contributed by atoms with Crippen LogP contribution in [-0.2, 0) is 0 Å². The summed E-state index contributed by atoms with van der Waals surface area (Å²) < 4.78 is 5.17. The number of aliphatic hydroxyl groups is 2. The highest BCUT2D eigenvalue weighted by Crippen LogP contribution is 2.26. The number of hydrogen-bond acceptors (Lipinski definition) is 3. The highest BCUT2D eigenvalue weighted by Gasteiger charge is 2.11. The summed E-state index contributed by atoms with van der Waals surface area (Å²) in [5.74, 6) is 0.819. The summed E-state index contributed by atoms with van der Waals surface area (Å²) in [5.41, 5.74) is 0.827. The second kappa shape index (κ2) is 5.38. The summed E-state index contributed by atoms with van der Waals surface area (Å²) in [6, 6.07) is 11.6. The van der Waals surface area contributed by atoms with E-state index < -0.39 is 12.2 Å². The molecule has 0 saturated heterocycles. The summed E-state index contributed by atoms with van der Waals surface area (Å²) in [7, 11) is 1.64. The summed E-state index contributed by atoms with van der Waals surface area (Å²) in [6.45, 7) is 1.68. The number of aliphatic hydroxyl groups excluding tert-OH is 2. The predicted octanol–water partition coefficient (Wildman–Crippen LogP) is 2.65. The van der Waals surface area contributed by atoms with Gasteiger partial charge in [0.15, 0.2) is 0 Å². The third kappa shape index (κ3) is 2.81. The molecule has 0 aliphatic heterocycles. The van der Waals surface area contributed by atoms with Gasteiger partial charge < -0.3 is 14.9 Å². The van der Waals surface area contributed by atoms with Crippen LogP contribution in [0.5, 0.6) is 5.75 Å². The molecule has 0 fully saturated rings. The highest BCUT2D eigenvalue weighted by molar-refractivity contribution is 5.84. The van der Waals surface area contributed by atoms with E-state index in [-0.39, 0.29) is 0 Å². The minimum atomic E-state index is -0.628. The number of ether oxygens (including phenoxy) is 1. The zero-order valence-electron chi connectivity index (χ0n) is 10.6. The average molecular weight is 246 g/mol. The van der Waals surface area contributed by atoms with Gasteiger partial charge in [-0.25, -0.2) is 0 Å². The van der Waals surface area contributed by atoms with Gasteiger partial charge in [0, 0.05) is 6.42 Å². The number of rotatable bonds is 4. The molecular formula is C15H18O3. The molecule has 96 valence electrons. The topological polar surface area (TPSA) is 49.7 Å². The molecule has 2 N–H and O–H groups in total. The van der Waals surface area contributed by atoms with E-state index in [1.807, 2.05) is 36.4 Å². The van der Waals surface area contributed by atoms with Crippen LogP contribution in [0.2, 0.25) is 0 Å². The van der Waals surface area contributed by atoms with Crippen molar-refractivity contribution in [2.24, 2.45) is 0 Å². The van der Waals surface area contributed by atoms with Gasteiger partial charge in [0.1, 0.15) is 5.75 Å². The number of methoxy groups -OCH3 is 1. The first-order chi connectivity index (χ1) is 8.60. The molecule has 0 amide bonds. The quantitative estimate of drug-likeness (QED) is 0.872. The van der Waals surface area contributed by atoms with Gasteiger partial charge in [-0.05, 0) is 41.5 Å². The Balaban J connectivity index is 2.33. The van der Waals surface area contributed by atoms with Crippen LogP contribution in [0, 0.1) is 0 Å². The van der Waals surface area contributed by atoms with E-state index in [2.05, 4.69) is 0 Å². The number of fused-ring (bicyclic) bond motifs is 1. The molecule has 3 heteroatoms. The number of hydrogen-bond donors (Lipinski definition) is 2. The largest absolute Gasteiger partial charge is 0.497 e. The van der Waals surface area contributed by atoms with E-state index in [4.69, 9.17) is 4.74 Å². The molecular weight excluding hydrogens is 228 g/mol. The minimum absolute atomic E-state index is 0.349. The molecule has 3 nitrogen and oxygen atoms in total. The van der Waals surface area contributed by atoms with Crippen LogP contribution in [0.25, 0.3) is 10.8 Å².